The lowest BCUT2D eigenvalue weighted by Crippen LogP contribution is -2.05. The molecule has 92 valence electrons. The number of carbonyl (C=O) groups excluding carboxylic acids is 1. The molecule has 0 radical (unpaired) electrons. The van der Waals surface area contributed by atoms with E-state index in [1.54, 1.807) is 12.1 Å². The van der Waals surface area contributed by atoms with Gasteiger partial charge in [-0.3, -0.25) is 10.1 Å². The van der Waals surface area contributed by atoms with Crippen molar-refractivity contribution in [3.05, 3.63) is 39.4 Å². The fraction of sp³-hybridized carbons (Fsp3) is 0.417. The molecule has 0 spiro atoms. The molecule has 0 aliphatic rings. The van der Waals surface area contributed by atoms with Gasteiger partial charge in [0.05, 0.1) is 17.6 Å². The molecule has 0 amide bonds. The monoisotopic (exact) mass is 237 g/mol. The standard InChI is InChI=1S/C12H15NO4/c1-4-8(2)10-6-5-9(12(14)17-3)7-11(10)13(15)16/h5-8H,4H2,1-3H3. The topological polar surface area (TPSA) is 69.4 Å². The first-order valence-electron chi connectivity index (χ1n) is 5.37. The van der Waals surface area contributed by atoms with Crippen molar-refractivity contribution < 1.29 is 14.5 Å². The molecule has 0 aromatic heterocycles. The van der Waals surface area contributed by atoms with Crippen LogP contribution in [0.4, 0.5) is 5.69 Å². The molecule has 17 heavy (non-hydrogen) atoms. The zero-order valence-electron chi connectivity index (χ0n) is 10.1. The number of nitro groups is 1. The maximum absolute atomic E-state index is 11.3. The second kappa shape index (κ2) is 5.43. The SMILES string of the molecule is CCC(C)c1ccc(C(=O)OC)cc1[N+](=O)[O-]. The third-order valence-corrected chi connectivity index (χ3v) is 2.79. The van der Waals surface area contributed by atoms with Crippen molar-refractivity contribution >= 4 is 11.7 Å². The van der Waals surface area contributed by atoms with Gasteiger partial charge in [-0.1, -0.05) is 19.9 Å². The Morgan fingerprint density at radius 3 is 2.65 bits per heavy atom. The van der Waals surface area contributed by atoms with E-state index in [0.29, 0.717) is 5.56 Å². The lowest BCUT2D eigenvalue weighted by Gasteiger charge is -2.10. The summed E-state index contributed by atoms with van der Waals surface area (Å²) in [5.41, 5.74) is 0.818. The predicted molar refractivity (Wildman–Crippen MR) is 63.1 cm³/mol. The number of nitrogens with zero attached hydrogens (tertiary/aromatic N) is 1. The Bertz CT molecular complexity index is 442. The Labute approximate surface area is 99.5 Å². The highest BCUT2D eigenvalue weighted by Gasteiger charge is 2.20. The summed E-state index contributed by atoms with van der Waals surface area (Å²) in [6.45, 7) is 3.88. The van der Waals surface area contributed by atoms with E-state index in [-0.39, 0.29) is 17.2 Å². The number of esters is 1. The van der Waals surface area contributed by atoms with E-state index in [1.807, 2.05) is 13.8 Å². The molecular formula is C12H15NO4. The summed E-state index contributed by atoms with van der Waals surface area (Å²) >= 11 is 0. The van der Waals surface area contributed by atoms with E-state index in [1.165, 1.54) is 13.2 Å². The molecule has 1 aromatic carbocycles. The molecule has 0 aliphatic heterocycles. The molecule has 1 rings (SSSR count). The van der Waals surface area contributed by atoms with Crippen LogP contribution in [0.3, 0.4) is 0 Å². The normalized spacial score (nSPS) is 11.9. The highest BCUT2D eigenvalue weighted by molar-refractivity contribution is 5.90. The number of methoxy groups -OCH3 is 1. The molecule has 0 heterocycles. The largest absolute Gasteiger partial charge is 0.465 e. The molecular weight excluding hydrogens is 222 g/mol. The van der Waals surface area contributed by atoms with Gasteiger partial charge >= 0.3 is 5.97 Å². The van der Waals surface area contributed by atoms with Gasteiger partial charge in [0, 0.05) is 11.6 Å². The highest BCUT2D eigenvalue weighted by atomic mass is 16.6. The molecule has 0 aliphatic carbocycles. The van der Waals surface area contributed by atoms with Crippen LogP contribution in [0.2, 0.25) is 0 Å². The molecule has 1 aromatic rings. The number of hydrogen-bond donors (Lipinski definition) is 0. The maximum atomic E-state index is 11.3. The van der Waals surface area contributed by atoms with Crippen LogP contribution in [-0.2, 0) is 4.74 Å². The van der Waals surface area contributed by atoms with E-state index in [9.17, 15) is 14.9 Å². The van der Waals surface area contributed by atoms with E-state index in [4.69, 9.17) is 0 Å². The molecule has 1 atom stereocenters. The summed E-state index contributed by atoms with van der Waals surface area (Å²) in [6.07, 6.45) is 0.804. The fourth-order valence-corrected chi connectivity index (χ4v) is 1.58. The van der Waals surface area contributed by atoms with Crippen LogP contribution < -0.4 is 0 Å². The second-order valence-electron chi connectivity index (χ2n) is 3.83. The van der Waals surface area contributed by atoms with Crippen LogP contribution in [0.1, 0.15) is 42.1 Å². The first-order chi connectivity index (χ1) is 8.01. The van der Waals surface area contributed by atoms with Gasteiger partial charge in [-0.05, 0) is 18.4 Å². The Hall–Kier alpha value is -1.91. The van der Waals surface area contributed by atoms with E-state index in [0.717, 1.165) is 6.42 Å². The molecule has 5 nitrogen and oxygen atoms in total. The van der Waals surface area contributed by atoms with Crippen molar-refractivity contribution in [3.8, 4) is 0 Å². The van der Waals surface area contributed by atoms with Crippen molar-refractivity contribution in [1.29, 1.82) is 0 Å². The molecule has 0 bridgehead atoms. The summed E-state index contributed by atoms with van der Waals surface area (Å²) in [6, 6.07) is 4.45. The first kappa shape index (κ1) is 13.2. The molecule has 0 saturated carbocycles. The minimum absolute atomic E-state index is 0.0257. The predicted octanol–water partition coefficient (Wildman–Crippen LogP) is 2.89. The Morgan fingerprint density at radius 1 is 1.53 bits per heavy atom. The van der Waals surface area contributed by atoms with E-state index >= 15 is 0 Å². The third kappa shape index (κ3) is 2.81. The average molecular weight is 237 g/mol. The lowest BCUT2D eigenvalue weighted by molar-refractivity contribution is -0.385. The van der Waals surface area contributed by atoms with Gasteiger partial charge in [-0.15, -0.1) is 0 Å². The number of carbonyl (C=O) groups is 1. The first-order valence-corrected chi connectivity index (χ1v) is 5.37. The van der Waals surface area contributed by atoms with Gasteiger partial charge in [0.2, 0.25) is 0 Å². The molecule has 1 unspecified atom stereocenters. The van der Waals surface area contributed by atoms with Crippen molar-refractivity contribution in [2.24, 2.45) is 0 Å². The Kier molecular flexibility index (Phi) is 4.20. The summed E-state index contributed by atoms with van der Waals surface area (Å²) < 4.78 is 4.54. The Balaban J connectivity index is 3.26. The second-order valence-corrected chi connectivity index (χ2v) is 3.83. The van der Waals surface area contributed by atoms with Crippen LogP contribution in [-0.4, -0.2) is 18.0 Å². The average Bonchev–Trinajstić information content (AvgIpc) is 2.35. The van der Waals surface area contributed by atoms with Crippen LogP contribution in [0.25, 0.3) is 0 Å². The van der Waals surface area contributed by atoms with Gasteiger partial charge < -0.3 is 4.74 Å². The van der Waals surface area contributed by atoms with Gasteiger partial charge in [0.15, 0.2) is 0 Å². The molecule has 5 heteroatoms. The fourth-order valence-electron chi connectivity index (χ4n) is 1.58. The van der Waals surface area contributed by atoms with E-state index < -0.39 is 10.9 Å². The van der Waals surface area contributed by atoms with Gasteiger partial charge in [-0.25, -0.2) is 4.79 Å². The number of hydrogen-bond acceptors (Lipinski definition) is 4. The summed E-state index contributed by atoms with van der Waals surface area (Å²) in [4.78, 5) is 21.8. The molecule has 0 N–H and O–H groups in total. The highest BCUT2D eigenvalue weighted by Crippen LogP contribution is 2.29. The summed E-state index contributed by atoms with van der Waals surface area (Å²) in [5, 5.41) is 11.0. The van der Waals surface area contributed by atoms with Crippen LogP contribution in [0, 0.1) is 10.1 Å². The van der Waals surface area contributed by atoms with Gasteiger partial charge in [0.1, 0.15) is 0 Å². The quantitative estimate of drug-likeness (QED) is 0.458. The summed E-state index contributed by atoms with van der Waals surface area (Å²) in [7, 11) is 1.25. The minimum atomic E-state index is -0.566. The van der Waals surface area contributed by atoms with Crippen LogP contribution in [0.15, 0.2) is 18.2 Å². The van der Waals surface area contributed by atoms with Crippen molar-refractivity contribution in [3.63, 3.8) is 0 Å². The van der Waals surface area contributed by atoms with Crippen molar-refractivity contribution in [2.45, 2.75) is 26.2 Å². The van der Waals surface area contributed by atoms with E-state index in [2.05, 4.69) is 4.74 Å². The summed E-state index contributed by atoms with van der Waals surface area (Å²) in [5.74, 6) is -0.481. The van der Waals surface area contributed by atoms with Crippen LogP contribution in [0.5, 0.6) is 0 Å². The van der Waals surface area contributed by atoms with Crippen LogP contribution >= 0.6 is 0 Å². The number of nitro benzene ring substituents is 1. The van der Waals surface area contributed by atoms with Gasteiger partial charge in [0.25, 0.3) is 5.69 Å². The zero-order chi connectivity index (χ0) is 13.0. The molecule has 0 saturated heterocycles. The maximum Gasteiger partial charge on any atom is 0.338 e. The third-order valence-electron chi connectivity index (χ3n) is 2.79. The van der Waals surface area contributed by atoms with Crippen molar-refractivity contribution in [1.82, 2.24) is 0 Å². The van der Waals surface area contributed by atoms with Crippen molar-refractivity contribution in [2.75, 3.05) is 7.11 Å². The smallest absolute Gasteiger partial charge is 0.338 e. The number of benzene rings is 1. The minimum Gasteiger partial charge on any atom is -0.465 e. The molecule has 0 fully saturated rings. The lowest BCUT2D eigenvalue weighted by atomic mass is 9.95. The van der Waals surface area contributed by atoms with Gasteiger partial charge in [-0.2, -0.15) is 0 Å². The number of ether oxygens (including phenoxy) is 1. The Morgan fingerprint density at radius 2 is 2.18 bits per heavy atom. The number of rotatable bonds is 4. The zero-order valence-corrected chi connectivity index (χ0v) is 10.1.